The molecular formula is C31H22BrFIN3O4S. The molecule has 0 fully saturated rings. The van der Waals surface area contributed by atoms with Gasteiger partial charge in [0.05, 0.1) is 43.7 Å². The van der Waals surface area contributed by atoms with E-state index < -0.39 is 17.8 Å². The van der Waals surface area contributed by atoms with Crippen molar-refractivity contribution in [2.24, 2.45) is 4.99 Å². The summed E-state index contributed by atoms with van der Waals surface area (Å²) < 4.78 is 28.8. The summed E-state index contributed by atoms with van der Waals surface area (Å²) >= 11 is 6.92. The van der Waals surface area contributed by atoms with Gasteiger partial charge >= 0.3 is 5.97 Å². The van der Waals surface area contributed by atoms with Gasteiger partial charge in [0.2, 0.25) is 0 Å². The van der Waals surface area contributed by atoms with E-state index in [-0.39, 0.29) is 24.3 Å². The van der Waals surface area contributed by atoms with E-state index in [1.54, 1.807) is 44.2 Å². The topological polar surface area (TPSA) is 93.7 Å². The van der Waals surface area contributed by atoms with Gasteiger partial charge in [-0.1, -0.05) is 51.5 Å². The van der Waals surface area contributed by atoms with Crippen molar-refractivity contribution in [3.05, 3.63) is 128 Å². The lowest BCUT2D eigenvalue weighted by atomic mass is 9.96. The Bertz CT molecular complexity index is 1940. The van der Waals surface area contributed by atoms with Crippen LogP contribution in [-0.2, 0) is 16.1 Å². The van der Waals surface area contributed by atoms with Gasteiger partial charge in [0.25, 0.3) is 5.56 Å². The standard InChI is InChI=1S/C31H22BrFIN3O4S/c1-3-40-30(39)26-17(2)36-31-37(27(26)20-8-10-23(33)11-9-20)29(38)25(42-31)13-21-12-22(32)14-24(34)28(21)41-16-19-6-4-18(15-35)5-7-19/h4-14,27H,3,16H2,1-2H3/b25-13-/t27-/m1/s1. The van der Waals surface area contributed by atoms with Crippen molar-refractivity contribution in [3.8, 4) is 11.8 Å². The molecule has 0 amide bonds. The fourth-order valence-electron chi connectivity index (χ4n) is 4.56. The van der Waals surface area contributed by atoms with Crippen molar-refractivity contribution in [2.45, 2.75) is 26.5 Å². The first-order valence-corrected chi connectivity index (χ1v) is 15.4. The number of hydrogen-bond acceptors (Lipinski definition) is 7. The van der Waals surface area contributed by atoms with E-state index in [1.807, 2.05) is 24.3 Å². The van der Waals surface area contributed by atoms with Crippen LogP contribution in [0.15, 0.2) is 86.2 Å². The summed E-state index contributed by atoms with van der Waals surface area (Å²) in [5.74, 6) is -0.419. The number of benzene rings is 3. The Morgan fingerprint density at radius 2 is 1.93 bits per heavy atom. The molecule has 0 spiro atoms. The van der Waals surface area contributed by atoms with Gasteiger partial charge in [-0.3, -0.25) is 9.36 Å². The zero-order chi connectivity index (χ0) is 30.0. The van der Waals surface area contributed by atoms with Crippen LogP contribution in [-0.4, -0.2) is 17.1 Å². The normalized spacial score (nSPS) is 14.7. The van der Waals surface area contributed by atoms with E-state index in [0.29, 0.717) is 37.5 Å². The number of halogens is 3. The smallest absolute Gasteiger partial charge is 0.338 e. The molecule has 1 aromatic heterocycles. The second-order valence-corrected chi connectivity index (χ2v) is 12.3. The van der Waals surface area contributed by atoms with E-state index in [1.165, 1.54) is 28.0 Å². The number of ether oxygens (including phenoxy) is 2. The first kappa shape index (κ1) is 29.9. The monoisotopic (exact) mass is 757 g/mol. The van der Waals surface area contributed by atoms with Crippen LogP contribution in [0.5, 0.6) is 5.75 Å². The largest absolute Gasteiger partial charge is 0.487 e. The fraction of sp³-hybridized carbons (Fsp3) is 0.161. The van der Waals surface area contributed by atoms with Crippen molar-refractivity contribution in [3.63, 3.8) is 0 Å². The number of allylic oxidation sites excluding steroid dienone is 1. The van der Waals surface area contributed by atoms with Crippen LogP contribution < -0.4 is 19.6 Å². The summed E-state index contributed by atoms with van der Waals surface area (Å²) in [6, 6.07) is 17.9. The van der Waals surface area contributed by atoms with Crippen molar-refractivity contribution in [1.82, 2.24) is 4.57 Å². The van der Waals surface area contributed by atoms with E-state index in [9.17, 15) is 14.0 Å². The summed E-state index contributed by atoms with van der Waals surface area (Å²) in [7, 11) is 0. The Hall–Kier alpha value is -3.60. The maximum absolute atomic E-state index is 14.0. The first-order chi connectivity index (χ1) is 20.2. The molecule has 1 aliphatic heterocycles. The average molecular weight is 758 g/mol. The Kier molecular flexibility index (Phi) is 9.05. The quantitative estimate of drug-likeness (QED) is 0.177. The molecule has 0 N–H and O–H groups in total. The predicted octanol–water partition coefficient (Wildman–Crippen LogP) is 5.76. The molecule has 1 aliphatic rings. The summed E-state index contributed by atoms with van der Waals surface area (Å²) in [6.45, 7) is 3.82. The van der Waals surface area contributed by atoms with E-state index in [0.717, 1.165) is 13.6 Å². The zero-order valence-electron chi connectivity index (χ0n) is 22.4. The van der Waals surface area contributed by atoms with Crippen LogP contribution in [0.4, 0.5) is 4.39 Å². The lowest BCUT2D eigenvalue weighted by molar-refractivity contribution is -0.139. The summed E-state index contributed by atoms with van der Waals surface area (Å²) in [5, 5.41) is 9.07. The highest BCUT2D eigenvalue weighted by atomic mass is 127. The molecule has 0 unspecified atom stereocenters. The number of carbonyl (C=O) groups is 1. The number of aromatic nitrogens is 1. The highest BCUT2D eigenvalue weighted by Crippen LogP contribution is 2.32. The second-order valence-electron chi connectivity index (χ2n) is 9.26. The number of esters is 1. The Morgan fingerprint density at radius 1 is 1.21 bits per heavy atom. The highest BCUT2D eigenvalue weighted by Gasteiger charge is 2.33. The van der Waals surface area contributed by atoms with Gasteiger partial charge in [0.15, 0.2) is 4.80 Å². The van der Waals surface area contributed by atoms with Crippen LogP contribution in [0.3, 0.4) is 0 Å². The number of nitriles is 1. The van der Waals surface area contributed by atoms with Crippen molar-refractivity contribution in [2.75, 3.05) is 6.61 Å². The zero-order valence-corrected chi connectivity index (χ0v) is 26.9. The van der Waals surface area contributed by atoms with E-state index in [2.05, 4.69) is 49.6 Å². The number of rotatable bonds is 7. The molecule has 3 aromatic carbocycles. The van der Waals surface area contributed by atoms with Gasteiger partial charge in [0.1, 0.15) is 18.2 Å². The van der Waals surface area contributed by atoms with Crippen LogP contribution in [0.25, 0.3) is 6.08 Å². The molecular weight excluding hydrogens is 736 g/mol. The van der Waals surface area contributed by atoms with Gasteiger partial charge in [-0.15, -0.1) is 0 Å². The number of hydrogen-bond donors (Lipinski definition) is 0. The van der Waals surface area contributed by atoms with Crippen LogP contribution in [0.1, 0.15) is 42.1 Å². The average Bonchev–Trinajstić information content (AvgIpc) is 3.26. The van der Waals surface area contributed by atoms with Crippen LogP contribution in [0.2, 0.25) is 0 Å². The maximum atomic E-state index is 14.0. The van der Waals surface area contributed by atoms with E-state index >= 15 is 0 Å². The number of nitrogens with zero attached hydrogens (tertiary/aromatic N) is 3. The van der Waals surface area contributed by atoms with Gasteiger partial charge < -0.3 is 9.47 Å². The molecule has 11 heteroatoms. The SMILES string of the molecule is CCOC(=O)C1=C(C)N=c2s/c(=C\c3cc(Br)cc(I)c3OCc3ccc(C#N)cc3)c(=O)n2[C@@H]1c1ccc(F)cc1. The lowest BCUT2D eigenvalue weighted by Crippen LogP contribution is -2.39. The fourth-order valence-corrected chi connectivity index (χ4v) is 7.31. The third-order valence-corrected chi connectivity index (χ3v) is 8.73. The molecule has 0 bridgehead atoms. The predicted molar refractivity (Wildman–Crippen MR) is 169 cm³/mol. The van der Waals surface area contributed by atoms with Crippen molar-refractivity contribution in [1.29, 1.82) is 5.26 Å². The molecule has 0 radical (unpaired) electrons. The minimum atomic E-state index is -0.835. The van der Waals surface area contributed by atoms with Gasteiger partial charge in [-0.2, -0.15) is 5.26 Å². The molecule has 0 aliphatic carbocycles. The molecule has 7 nitrogen and oxygen atoms in total. The maximum Gasteiger partial charge on any atom is 0.338 e. The number of fused-ring (bicyclic) bond motifs is 1. The molecule has 0 saturated heterocycles. The second kappa shape index (κ2) is 12.7. The molecule has 0 saturated carbocycles. The van der Waals surface area contributed by atoms with Crippen LogP contribution in [0, 0.1) is 20.7 Å². The van der Waals surface area contributed by atoms with Crippen molar-refractivity contribution < 1.29 is 18.7 Å². The van der Waals surface area contributed by atoms with E-state index in [4.69, 9.17) is 14.7 Å². The third-order valence-electron chi connectivity index (χ3n) is 6.49. The minimum absolute atomic E-state index is 0.156. The Balaban J connectivity index is 1.62. The summed E-state index contributed by atoms with van der Waals surface area (Å²) in [4.78, 5) is 32.0. The lowest BCUT2D eigenvalue weighted by Gasteiger charge is -2.24. The minimum Gasteiger partial charge on any atom is -0.487 e. The van der Waals surface area contributed by atoms with Gasteiger partial charge in [-0.25, -0.2) is 14.2 Å². The molecule has 1 atom stereocenters. The first-order valence-electron chi connectivity index (χ1n) is 12.8. The van der Waals surface area contributed by atoms with Gasteiger partial charge in [0, 0.05) is 10.0 Å². The van der Waals surface area contributed by atoms with Crippen LogP contribution >= 0.6 is 49.9 Å². The molecule has 212 valence electrons. The molecule has 2 heterocycles. The number of thiazole rings is 1. The summed E-state index contributed by atoms with van der Waals surface area (Å²) in [6.07, 6.45) is 1.75. The molecule has 4 aromatic rings. The summed E-state index contributed by atoms with van der Waals surface area (Å²) in [5.41, 5.74) is 2.99. The highest BCUT2D eigenvalue weighted by molar-refractivity contribution is 14.1. The molecule has 5 rings (SSSR count). The van der Waals surface area contributed by atoms with Crippen molar-refractivity contribution >= 4 is 61.9 Å². The van der Waals surface area contributed by atoms with Gasteiger partial charge in [-0.05, 0) is 90.0 Å². The number of carbonyl (C=O) groups excluding carboxylic acids is 1. The Morgan fingerprint density at radius 3 is 2.60 bits per heavy atom. The molecule has 42 heavy (non-hydrogen) atoms. The Labute approximate surface area is 266 Å². The third kappa shape index (κ3) is 6.11.